The summed E-state index contributed by atoms with van der Waals surface area (Å²) in [5.74, 6) is 2.54. The van der Waals surface area contributed by atoms with Crippen LogP contribution in [0.3, 0.4) is 0 Å². The first-order valence-corrected chi connectivity index (χ1v) is 13.2. The summed E-state index contributed by atoms with van der Waals surface area (Å²) in [4.78, 5) is 2.69. The zero-order chi connectivity index (χ0) is 22.2. The fourth-order valence-corrected chi connectivity index (χ4v) is 5.69. The second-order valence-electron chi connectivity index (χ2n) is 8.39. The van der Waals surface area contributed by atoms with E-state index in [1.807, 2.05) is 23.5 Å². The summed E-state index contributed by atoms with van der Waals surface area (Å²) in [5.41, 5.74) is 7.03. The molecule has 0 unspecified atom stereocenters. The Morgan fingerprint density at radius 2 is 1.12 bits per heavy atom. The summed E-state index contributed by atoms with van der Waals surface area (Å²) >= 11 is 3.84. The van der Waals surface area contributed by atoms with E-state index in [1.54, 1.807) is 0 Å². The molecule has 0 nitrogen and oxygen atoms in total. The minimum absolute atomic E-state index is 0.522. The largest absolute Gasteiger partial charge is 0.121 e. The molecule has 162 valence electrons. The normalized spacial score (nSPS) is 11.1. The molecule has 0 aromatic heterocycles. The van der Waals surface area contributed by atoms with Gasteiger partial charge in [0.2, 0.25) is 0 Å². The van der Waals surface area contributed by atoms with Crippen LogP contribution in [0.2, 0.25) is 0 Å². The molecule has 0 amide bonds. The third-order valence-corrected chi connectivity index (χ3v) is 7.66. The number of benzene rings is 4. The van der Waals surface area contributed by atoms with Crippen LogP contribution >= 0.6 is 23.5 Å². The molecule has 0 aliphatic rings. The maximum atomic E-state index is 2.41. The van der Waals surface area contributed by atoms with Gasteiger partial charge in [0.25, 0.3) is 0 Å². The highest BCUT2D eigenvalue weighted by Crippen LogP contribution is 2.31. The molecule has 0 heterocycles. The van der Waals surface area contributed by atoms with Gasteiger partial charge in [0, 0.05) is 21.3 Å². The number of rotatable bonds is 9. The van der Waals surface area contributed by atoms with Gasteiger partial charge in [-0.05, 0) is 64.4 Å². The summed E-state index contributed by atoms with van der Waals surface area (Å²) < 4.78 is 0. The van der Waals surface area contributed by atoms with Crippen molar-refractivity contribution in [3.8, 4) is 0 Å². The van der Waals surface area contributed by atoms with E-state index in [4.69, 9.17) is 0 Å². The van der Waals surface area contributed by atoms with Crippen LogP contribution in [0.15, 0.2) is 113 Å². The predicted molar refractivity (Wildman–Crippen MR) is 142 cm³/mol. The van der Waals surface area contributed by atoms with E-state index in [2.05, 4.69) is 117 Å². The van der Waals surface area contributed by atoms with E-state index >= 15 is 0 Å². The maximum absolute atomic E-state index is 2.41. The van der Waals surface area contributed by atoms with Crippen LogP contribution in [0.1, 0.15) is 47.6 Å². The van der Waals surface area contributed by atoms with Crippen molar-refractivity contribution in [1.82, 2.24) is 0 Å². The standard InChI is InChI=1S/C30H30S2/c1-23(2)30-17-16-29(32-22-25-12-7-4-8-13-25)20-27(30)18-26-14-9-15-28(19-26)31-21-24-10-5-3-6-11-24/h3-17,19-20,23H,18,21-22H2,1-2H3. The lowest BCUT2D eigenvalue weighted by molar-refractivity contribution is 0.845. The van der Waals surface area contributed by atoms with E-state index in [0.29, 0.717) is 5.92 Å². The highest BCUT2D eigenvalue weighted by atomic mass is 32.2. The fraction of sp³-hybridized carbons (Fsp3) is 0.200. The minimum atomic E-state index is 0.522. The lowest BCUT2D eigenvalue weighted by Gasteiger charge is -2.15. The van der Waals surface area contributed by atoms with Gasteiger partial charge in [-0.15, -0.1) is 23.5 Å². The van der Waals surface area contributed by atoms with Crippen LogP contribution in [-0.2, 0) is 17.9 Å². The van der Waals surface area contributed by atoms with E-state index < -0.39 is 0 Å². The zero-order valence-corrected chi connectivity index (χ0v) is 20.5. The third-order valence-electron chi connectivity index (χ3n) is 5.53. The molecule has 2 heteroatoms. The summed E-state index contributed by atoms with van der Waals surface area (Å²) in [6.07, 6.45) is 0.979. The SMILES string of the molecule is CC(C)c1ccc(SCc2ccccc2)cc1Cc1cccc(SCc2ccccc2)c1. The lowest BCUT2D eigenvalue weighted by Crippen LogP contribution is -1.98. The fourth-order valence-electron chi connectivity index (χ4n) is 3.84. The van der Waals surface area contributed by atoms with Crippen molar-refractivity contribution in [2.24, 2.45) is 0 Å². The maximum Gasteiger partial charge on any atom is 0.0231 e. The zero-order valence-electron chi connectivity index (χ0n) is 18.8. The highest BCUT2D eigenvalue weighted by Gasteiger charge is 2.10. The van der Waals surface area contributed by atoms with Crippen molar-refractivity contribution in [3.05, 3.63) is 131 Å². The molecule has 0 aliphatic heterocycles. The first-order chi connectivity index (χ1) is 15.7. The Labute approximate surface area is 201 Å². The van der Waals surface area contributed by atoms with E-state index in [1.165, 1.54) is 37.6 Å². The Kier molecular flexibility index (Phi) is 8.14. The van der Waals surface area contributed by atoms with Crippen molar-refractivity contribution in [2.45, 2.75) is 47.5 Å². The van der Waals surface area contributed by atoms with E-state index in [0.717, 1.165) is 17.9 Å². The Morgan fingerprint density at radius 1 is 0.562 bits per heavy atom. The Hall–Kier alpha value is -2.42. The number of hydrogen-bond donors (Lipinski definition) is 0. The molecule has 0 fully saturated rings. The summed E-state index contributed by atoms with van der Waals surface area (Å²) in [7, 11) is 0. The van der Waals surface area contributed by atoms with Crippen molar-refractivity contribution >= 4 is 23.5 Å². The summed E-state index contributed by atoms with van der Waals surface area (Å²) in [5, 5.41) is 0. The van der Waals surface area contributed by atoms with Crippen molar-refractivity contribution in [1.29, 1.82) is 0 Å². The Bertz CT molecular complexity index is 1120. The van der Waals surface area contributed by atoms with Crippen LogP contribution in [0.25, 0.3) is 0 Å². The average molecular weight is 455 g/mol. The number of hydrogen-bond acceptors (Lipinski definition) is 2. The van der Waals surface area contributed by atoms with E-state index in [9.17, 15) is 0 Å². The molecule has 4 aromatic rings. The number of thioether (sulfide) groups is 2. The monoisotopic (exact) mass is 454 g/mol. The molecule has 0 aliphatic carbocycles. The molecule has 4 rings (SSSR count). The highest BCUT2D eigenvalue weighted by molar-refractivity contribution is 7.98. The summed E-state index contributed by atoms with van der Waals surface area (Å²) in [6, 6.07) is 37.5. The van der Waals surface area contributed by atoms with Crippen LogP contribution in [0, 0.1) is 0 Å². The van der Waals surface area contributed by atoms with Crippen molar-refractivity contribution in [2.75, 3.05) is 0 Å². The van der Waals surface area contributed by atoms with Crippen molar-refractivity contribution in [3.63, 3.8) is 0 Å². The Morgan fingerprint density at radius 3 is 1.72 bits per heavy atom. The first-order valence-electron chi connectivity index (χ1n) is 11.2. The quantitative estimate of drug-likeness (QED) is 0.231. The molecule has 32 heavy (non-hydrogen) atoms. The molecule has 0 atom stereocenters. The van der Waals surface area contributed by atoms with Gasteiger partial charge in [-0.25, -0.2) is 0 Å². The second-order valence-corrected chi connectivity index (χ2v) is 10.5. The van der Waals surface area contributed by atoms with Gasteiger partial charge in [-0.2, -0.15) is 0 Å². The van der Waals surface area contributed by atoms with Gasteiger partial charge in [-0.1, -0.05) is 92.7 Å². The lowest BCUT2D eigenvalue weighted by atomic mass is 9.93. The molecule has 4 aromatic carbocycles. The van der Waals surface area contributed by atoms with Crippen LogP contribution in [-0.4, -0.2) is 0 Å². The molecule has 0 N–H and O–H groups in total. The molecule has 0 radical (unpaired) electrons. The molecular weight excluding hydrogens is 424 g/mol. The molecule has 0 saturated carbocycles. The summed E-state index contributed by atoms with van der Waals surface area (Å²) in [6.45, 7) is 4.59. The van der Waals surface area contributed by atoms with Gasteiger partial charge in [0.05, 0.1) is 0 Å². The second kappa shape index (κ2) is 11.4. The molecular formula is C30H30S2. The molecule has 0 bridgehead atoms. The smallest absolute Gasteiger partial charge is 0.0231 e. The molecule has 0 saturated heterocycles. The van der Waals surface area contributed by atoms with Gasteiger partial charge >= 0.3 is 0 Å². The predicted octanol–water partition coefficient (Wildman–Crippen LogP) is 8.99. The topological polar surface area (TPSA) is 0 Å². The first kappa shape index (κ1) is 22.8. The molecule has 0 spiro atoms. The Balaban J connectivity index is 1.48. The van der Waals surface area contributed by atoms with Gasteiger partial charge in [0.15, 0.2) is 0 Å². The van der Waals surface area contributed by atoms with Crippen LogP contribution < -0.4 is 0 Å². The van der Waals surface area contributed by atoms with Gasteiger partial charge in [0.1, 0.15) is 0 Å². The van der Waals surface area contributed by atoms with Crippen LogP contribution in [0.4, 0.5) is 0 Å². The van der Waals surface area contributed by atoms with E-state index in [-0.39, 0.29) is 0 Å². The van der Waals surface area contributed by atoms with Crippen molar-refractivity contribution < 1.29 is 0 Å². The minimum Gasteiger partial charge on any atom is -0.121 e. The average Bonchev–Trinajstić information content (AvgIpc) is 2.83. The third kappa shape index (κ3) is 6.54. The van der Waals surface area contributed by atoms with Gasteiger partial charge in [-0.3, -0.25) is 0 Å². The van der Waals surface area contributed by atoms with Gasteiger partial charge < -0.3 is 0 Å². The van der Waals surface area contributed by atoms with Crippen LogP contribution in [0.5, 0.6) is 0 Å².